The lowest BCUT2D eigenvalue weighted by Crippen LogP contribution is -2.20. The molecule has 0 atom stereocenters. The molecule has 0 bridgehead atoms. The average Bonchev–Trinajstić information content (AvgIpc) is 2.75. The molecule has 9 heteroatoms. The Balaban J connectivity index is 1.68. The van der Waals surface area contributed by atoms with Gasteiger partial charge in [-0.25, -0.2) is 5.43 Å². The molecule has 2 aromatic carbocycles. The van der Waals surface area contributed by atoms with Crippen LogP contribution in [0.3, 0.4) is 0 Å². The monoisotopic (exact) mass is 439 g/mol. The van der Waals surface area contributed by atoms with Gasteiger partial charge in [0.15, 0.2) is 5.75 Å². The summed E-state index contributed by atoms with van der Waals surface area (Å²) in [5.74, 6) is 0.294. The number of hydrogen-bond donors (Lipinski definition) is 1. The molecule has 0 spiro atoms. The fourth-order valence-corrected chi connectivity index (χ4v) is 3.56. The van der Waals surface area contributed by atoms with E-state index in [9.17, 15) is 13.2 Å². The number of aromatic nitrogens is 1. The van der Waals surface area contributed by atoms with Gasteiger partial charge in [0, 0.05) is 6.20 Å². The zero-order valence-corrected chi connectivity index (χ0v) is 17.8. The van der Waals surface area contributed by atoms with Crippen LogP contribution in [0.15, 0.2) is 76.9 Å². The second kappa shape index (κ2) is 9.86. The van der Waals surface area contributed by atoms with E-state index in [1.807, 2.05) is 6.92 Å². The van der Waals surface area contributed by atoms with E-state index in [-0.39, 0.29) is 28.7 Å². The Labute approximate surface area is 180 Å². The van der Waals surface area contributed by atoms with Crippen molar-refractivity contribution < 1.29 is 22.1 Å². The lowest BCUT2D eigenvalue weighted by atomic mass is 10.1. The number of hydrogen-bond acceptors (Lipinski definition) is 7. The maximum absolute atomic E-state index is 12.5. The van der Waals surface area contributed by atoms with E-state index < -0.39 is 10.1 Å². The Morgan fingerprint density at radius 3 is 2.65 bits per heavy atom. The molecule has 0 aliphatic heterocycles. The molecule has 31 heavy (non-hydrogen) atoms. The molecular formula is C22H21N3O5S. The first-order valence-corrected chi connectivity index (χ1v) is 10.7. The highest BCUT2D eigenvalue weighted by molar-refractivity contribution is 7.87. The van der Waals surface area contributed by atoms with Crippen molar-refractivity contribution in [1.82, 2.24) is 10.4 Å². The van der Waals surface area contributed by atoms with Crippen molar-refractivity contribution in [2.24, 2.45) is 5.10 Å². The SMILES string of the molecule is COc1cccc(CC(=O)NN=Cc2ncccc2OS(=O)(=O)c2ccc(C)cc2)c1. The summed E-state index contributed by atoms with van der Waals surface area (Å²) in [6.07, 6.45) is 2.79. The van der Waals surface area contributed by atoms with Crippen LogP contribution in [0.4, 0.5) is 0 Å². The van der Waals surface area contributed by atoms with Crippen molar-refractivity contribution in [3.8, 4) is 11.5 Å². The van der Waals surface area contributed by atoms with Crippen LogP contribution in [0, 0.1) is 6.92 Å². The van der Waals surface area contributed by atoms with Crippen molar-refractivity contribution in [3.63, 3.8) is 0 Å². The van der Waals surface area contributed by atoms with Crippen molar-refractivity contribution in [2.45, 2.75) is 18.2 Å². The van der Waals surface area contributed by atoms with E-state index in [0.29, 0.717) is 5.75 Å². The summed E-state index contributed by atoms with van der Waals surface area (Å²) in [5.41, 5.74) is 4.23. The van der Waals surface area contributed by atoms with Gasteiger partial charge in [0.25, 0.3) is 0 Å². The highest BCUT2D eigenvalue weighted by atomic mass is 32.2. The predicted molar refractivity (Wildman–Crippen MR) is 116 cm³/mol. The highest BCUT2D eigenvalue weighted by Gasteiger charge is 2.18. The molecule has 3 aromatic rings. The number of amides is 1. The molecule has 0 radical (unpaired) electrons. The number of nitrogens with zero attached hydrogens (tertiary/aromatic N) is 2. The topological polar surface area (TPSA) is 107 Å². The van der Waals surface area contributed by atoms with E-state index in [0.717, 1.165) is 11.1 Å². The number of nitrogens with one attached hydrogen (secondary N) is 1. The van der Waals surface area contributed by atoms with Crippen LogP contribution >= 0.6 is 0 Å². The number of hydrazone groups is 1. The van der Waals surface area contributed by atoms with Crippen molar-refractivity contribution >= 4 is 22.2 Å². The van der Waals surface area contributed by atoms with Gasteiger partial charge >= 0.3 is 10.1 Å². The second-order valence-corrected chi connectivity index (χ2v) is 8.11. The maximum Gasteiger partial charge on any atom is 0.339 e. The molecule has 0 aliphatic carbocycles. The molecule has 1 N–H and O–H groups in total. The van der Waals surface area contributed by atoms with Crippen LogP contribution in [0.5, 0.6) is 11.5 Å². The second-order valence-electron chi connectivity index (χ2n) is 6.56. The Kier molecular flexibility index (Phi) is 6.99. The van der Waals surface area contributed by atoms with Gasteiger partial charge in [-0.2, -0.15) is 13.5 Å². The maximum atomic E-state index is 12.5. The van der Waals surface area contributed by atoms with Crippen LogP contribution < -0.4 is 14.3 Å². The third-order valence-corrected chi connectivity index (χ3v) is 5.43. The summed E-state index contributed by atoms with van der Waals surface area (Å²) < 4.78 is 35.4. The Bertz CT molecular complexity index is 1190. The van der Waals surface area contributed by atoms with E-state index in [4.69, 9.17) is 8.92 Å². The third kappa shape index (κ3) is 6.13. The van der Waals surface area contributed by atoms with E-state index in [2.05, 4.69) is 15.5 Å². The first kappa shape index (κ1) is 22.0. The van der Waals surface area contributed by atoms with Gasteiger partial charge in [-0.05, 0) is 48.9 Å². The number of rotatable bonds is 8. The van der Waals surface area contributed by atoms with Crippen LogP contribution in [0.2, 0.25) is 0 Å². The summed E-state index contributed by atoms with van der Waals surface area (Å²) in [5, 5.41) is 3.86. The van der Waals surface area contributed by atoms with Crippen LogP contribution in [-0.4, -0.2) is 32.6 Å². The quantitative estimate of drug-likeness (QED) is 0.329. The Morgan fingerprint density at radius 2 is 1.90 bits per heavy atom. The van der Waals surface area contributed by atoms with E-state index in [1.165, 1.54) is 30.6 Å². The third-order valence-electron chi connectivity index (χ3n) is 4.18. The minimum atomic E-state index is -4.04. The van der Waals surface area contributed by atoms with Gasteiger partial charge in [0.05, 0.1) is 19.7 Å². The Hall–Kier alpha value is -3.72. The fraction of sp³-hybridized carbons (Fsp3) is 0.136. The number of benzene rings is 2. The smallest absolute Gasteiger partial charge is 0.339 e. The molecule has 0 saturated heterocycles. The predicted octanol–water partition coefficient (Wildman–Crippen LogP) is 2.86. The lowest BCUT2D eigenvalue weighted by Gasteiger charge is -2.09. The molecule has 1 heterocycles. The van der Waals surface area contributed by atoms with E-state index >= 15 is 0 Å². The van der Waals surface area contributed by atoms with Gasteiger partial charge < -0.3 is 8.92 Å². The molecule has 0 fully saturated rings. The number of carbonyl (C=O) groups excluding carboxylic acids is 1. The standard InChI is InChI=1S/C22H21N3O5S/c1-16-8-10-19(11-9-16)31(27,28)30-21-7-4-12-23-20(21)15-24-25-22(26)14-17-5-3-6-18(13-17)29-2/h3-13,15H,14H2,1-2H3,(H,25,26). The number of methoxy groups -OCH3 is 1. The minimum Gasteiger partial charge on any atom is -0.497 e. The van der Waals surface area contributed by atoms with Crippen molar-refractivity contribution in [1.29, 1.82) is 0 Å². The minimum absolute atomic E-state index is 0.00568. The summed E-state index contributed by atoms with van der Waals surface area (Å²) in [7, 11) is -2.49. The first-order chi connectivity index (χ1) is 14.9. The largest absolute Gasteiger partial charge is 0.497 e. The normalized spacial score (nSPS) is 11.3. The summed E-state index contributed by atoms with van der Waals surface area (Å²) in [4.78, 5) is 16.2. The van der Waals surface area contributed by atoms with Gasteiger partial charge in [0.2, 0.25) is 5.91 Å². The first-order valence-electron chi connectivity index (χ1n) is 9.28. The van der Waals surface area contributed by atoms with Gasteiger partial charge in [-0.1, -0.05) is 29.8 Å². The molecule has 0 aliphatic rings. The van der Waals surface area contributed by atoms with Crippen molar-refractivity contribution in [2.75, 3.05) is 7.11 Å². The Morgan fingerprint density at radius 1 is 1.13 bits per heavy atom. The summed E-state index contributed by atoms with van der Waals surface area (Å²) in [6.45, 7) is 1.86. The lowest BCUT2D eigenvalue weighted by molar-refractivity contribution is -0.120. The van der Waals surface area contributed by atoms with Crippen molar-refractivity contribution in [3.05, 3.63) is 83.7 Å². The number of carbonyl (C=O) groups is 1. The van der Waals surface area contributed by atoms with Crippen LogP contribution in [0.25, 0.3) is 0 Å². The molecule has 3 rings (SSSR count). The molecule has 160 valence electrons. The molecular weight excluding hydrogens is 418 g/mol. The molecule has 1 amide bonds. The number of pyridine rings is 1. The van der Waals surface area contributed by atoms with Crippen LogP contribution in [-0.2, 0) is 21.3 Å². The molecule has 0 unspecified atom stereocenters. The number of aryl methyl sites for hydroxylation is 1. The highest BCUT2D eigenvalue weighted by Crippen LogP contribution is 2.20. The average molecular weight is 439 g/mol. The zero-order valence-electron chi connectivity index (χ0n) is 17.0. The summed E-state index contributed by atoms with van der Waals surface area (Å²) >= 11 is 0. The molecule has 1 aromatic heterocycles. The van der Waals surface area contributed by atoms with Gasteiger partial charge in [-0.3, -0.25) is 9.78 Å². The summed E-state index contributed by atoms with van der Waals surface area (Å²) in [6, 6.07) is 16.4. The number of ether oxygens (including phenoxy) is 1. The molecule has 0 saturated carbocycles. The van der Waals surface area contributed by atoms with Gasteiger partial charge in [-0.15, -0.1) is 0 Å². The van der Waals surface area contributed by atoms with Crippen LogP contribution in [0.1, 0.15) is 16.8 Å². The molecule has 8 nitrogen and oxygen atoms in total. The fourth-order valence-electron chi connectivity index (χ4n) is 2.61. The van der Waals surface area contributed by atoms with E-state index in [1.54, 1.807) is 49.6 Å². The van der Waals surface area contributed by atoms with Gasteiger partial charge in [0.1, 0.15) is 16.3 Å². The zero-order chi connectivity index (χ0) is 22.3.